The maximum atomic E-state index is 11.7. The fourth-order valence-electron chi connectivity index (χ4n) is 1.73. The van der Waals surface area contributed by atoms with Crippen LogP contribution in [0.3, 0.4) is 0 Å². The number of carbonyl (C=O) groups excluding carboxylic acids is 1. The normalized spacial score (nSPS) is 12.2. The molecule has 0 aliphatic carbocycles. The zero-order valence-corrected chi connectivity index (χ0v) is 12.6. The van der Waals surface area contributed by atoms with E-state index in [4.69, 9.17) is 0 Å². The molecule has 0 spiro atoms. The van der Waals surface area contributed by atoms with E-state index in [9.17, 15) is 4.79 Å². The van der Waals surface area contributed by atoms with E-state index in [0.29, 0.717) is 19.0 Å². The van der Waals surface area contributed by atoms with Gasteiger partial charge in [-0.05, 0) is 37.6 Å². The summed E-state index contributed by atoms with van der Waals surface area (Å²) in [6, 6.07) is 8.39. The second-order valence-electron chi connectivity index (χ2n) is 4.39. The molecule has 0 radical (unpaired) electrons. The minimum absolute atomic E-state index is 0.111. The standard InChI is InChI=1S/C14H21BrN2O/c1-3-16-11(2)10-17-14(18)8-7-12-5-4-6-13(15)9-12/h4-6,9,11,16H,3,7-8,10H2,1-2H3,(H,17,18)/t11-/m1/s1. The summed E-state index contributed by atoms with van der Waals surface area (Å²) in [6.07, 6.45) is 1.32. The van der Waals surface area contributed by atoms with Crippen LogP contribution in [0.4, 0.5) is 0 Å². The average molecular weight is 313 g/mol. The lowest BCUT2D eigenvalue weighted by atomic mass is 10.1. The van der Waals surface area contributed by atoms with Crippen LogP contribution in [0.2, 0.25) is 0 Å². The number of hydrogen-bond acceptors (Lipinski definition) is 2. The number of nitrogens with one attached hydrogen (secondary N) is 2. The van der Waals surface area contributed by atoms with E-state index in [2.05, 4.69) is 46.5 Å². The largest absolute Gasteiger partial charge is 0.355 e. The minimum atomic E-state index is 0.111. The van der Waals surface area contributed by atoms with Crippen LogP contribution in [0, 0.1) is 0 Å². The number of benzene rings is 1. The van der Waals surface area contributed by atoms with E-state index in [1.807, 2.05) is 18.2 Å². The van der Waals surface area contributed by atoms with Gasteiger partial charge in [0.25, 0.3) is 0 Å². The molecule has 0 aliphatic heterocycles. The fourth-order valence-corrected chi connectivity index (χ4v) is 2.17. The summed E-state index contributed by atoms with van der Waals surface area (Å²) in [6.45, 7) is 5.74. The highest BCUT2D eigenvalue weighted by atomic mass is 79.9. The van der Waals surface area contributed by atoms with Gasteiger partial charge >= 0.3 is 0 Å². The van der Waals surface area contributed by atoms with Crippen molar-refractivity contribution >= 4 is 21.8 Å². The molecule has 1 aromatic carbocycles. The molecule has 3 nitrogen and oxygen atoms in total. The molecule has 1 aromatic rings. The van der Waals surface area contributed by atoms with Gasteiger partial charge in [-0.1, -0.05) is 35.0 Å². The van der Waals surface area contributed by atoms with E-state index in [-0.39, 0.29) is 5.91 Å². The summed E-state index contributed by atoms with van der Waals surface area (Å²) < 4.78 is 1.06. The van der Waals surface area contributed by atoms with Crippen LogP contribution >= 0.6 is 15.9 Å². The maximum absolute atomic E-state index is 11.7. The number of halogens is 1. The molecule has 100 valence electrons. The van der Waals surface area contributed by atoms with E-state index < -0.39 is 0 Å². The van der Waals surface area contributed by atoms with Gasteiger partial charge < -0.3 is 10.6 Å². The smallest absolute Gasteiger partial charge is 0.220 e. The number of rotatable bonds is 7. The molecule has 0 heterocycles. The van der Waals surface area contributed by atoms with E-state index >= 15 is 0 Å². The Balaban J connectivity index is 2.25. The van der Waals surface area contributed by atoms with Crippen LogP contribution in [0.15, 0.2) is 28.7 Å². The van der Waals surface area contributed by atoms with Gasteiger partial charge in [0.15, 0.2) is 0 Å². The van der Waals surface area contributed by atoms with Gasteiger partial charge in [0.2, 0.25) is 5.91 Å². The number of carbonyl (C=O) groups is 1. The zero-order valence-electron chi connectivity index (χ0n) is 11.0. The van der Waals surface area contributed by atoms with Crippen LogP contribution in [0.1, 0.15) is 25.8 Å². The molecule has 0 aliphatic rings. The molecule has 18 heavy (non-hydrogen) atoms. The fraction of sp³-hybridized carbons (Fsp3) is 0.500. The van der Waals surface area contributed by atoms with Crippen molar-refractivity contribution in [2.75, 3.05) is 13.1 Å². The SMILES string of the molecule is CCN[C@H](C)CNC(=O)CCc1cccc(Br)c1. The van der Waals surface area contributed by atoms with Crippen molar-refractivity contribution in [3.05, 3.63) is 34.3 Å². The van der Waals surface area contributed by atoms with Gasteiger partial charge in [-0.15, -0.1) is 0 Å². The summed E-state index contributed by atoms with van der Waals surface area (Å²) in [7, 11) is 0. The van der Waals surface area contributed by atoms with Crippen molar-refractivity contribution in [2.24, 2.45) is 0 Å². The summed E-state index contributed by atoms with van der Waals surface area (Å²) in [5.41, 5.74) is 1.18. The van der Waals surface area contributed by atoms with Crippen molar-refractivity contribution in [3.63, 3.8) is 0 Å². The zero-order chi connectivity index (χ0) is 13.4. The van der Waals surface area contributed by atoms with Crippen LogP contribution in [-0.4, -0.2) is 25.0 Å². The second-order valence-corrected chi connectivity index (χ2v) is 5.31. The Kier molecular flexibility index (Phi) is 6.98. The highest BCUT2D eigenvalue weighted by Crippen LogP contribution is 2.12. The Morgan fingerprint density at radius 1 is 1.44 bits per heavy atom. The third-order valence-corrected chi connectivity index (χ3v) is 3.18. The van der Waals surface area contributed by atoms with E-state index in [1.165, 1.54) is 5.56 Å². The summed E-state index contributed by atoms with van der Waals surface area (Å²) in [5, 5.41) is 6.20. The van der Waals surface area contributed by atoms with Gasteiger partial charge in [-0.2, -0.15) is 0 Å². The van der Waals surface area contributed by atoms with Crippen molar-refractivity contribution in [2.45, 2.75) is 32.7 Å². The van der Waals surface area contributed by atoms with Crippen molar-refractivity contribution in [1.82, 2.24) is 10.6 Å². The molecule has 0 fully saturated rings. The lowest BCUT2D eigenvalue weighted by molar-refractivity contribution is -0.121. The molecule has 0 bridgehead atoms. The third-order valence-electron chi connectivity index (χ3n) is 2.69. The van der Waals surface area contributed by atoms with Gasteiger partial charge in [0.1, 0.15) is 0 Å². The molecule has 0 aromatic heterocycles. The number of hydrogen-bond donors (Lipinski definition) is 2. The molecule has 1 atom stereocenters. The summed E-state index contributed by atoms with van der Waals surface area (Å²) in [5.74, 6) is 0.111. The first-order chi connectivity index (χ1) is 8.61. The molecule has 0 saturated carbocycles. The number of likely N-dealkylation sites (N-methyl/N-ethyl adjacent to an activating group) is 1. The molecule has 0 unspecified atom stereocenters. The lowest BCUT2D eigenvalue weighted by Gasteiger charge is -2.13. The monoisotopic (exact) mass is 312 g/mol. The van der Waals surface area contributed by atoms with Gasteiger partial charge in [0.05, 0.1) is 0 Å². The Morgan fingerprint density at radius 3 is 2.89 bits per heavy atom. The number of aryl methyl sites for hydroxylation is 1. The van der Waals surface area contributed by atoms with E-state index in [1.54, 1.807) is 0 Å². The lowest BCUT2D eigenvalue weighted by Crippen LogP contribution is -2.38. The Morgan fingerprint density at radius 2 is 2.22 bits per heavy atom. The first-order valence-electron chi connectivity index (χ1n) is 6.36. The van der Waals surface area contributed by atoms with Gasteiger partial charge in [0, 0.05) is 23.5 Å². The predicted molar refractivity (Wildman–Crippen MR) is 78.6 cm³/mol. The topological polar surface area (TPSA) is 41.1 Å². The van der Waals surface area contributed by atoms with Crippen LogP contribution in [0.5, 0.6) is 0 Å². The predicted octanol–water partition coefficient (Wildman–Crippen LogP) is 2.50. The van der Waals surface area contributed by atoms with Crippen molar-refractivity contribution < 1.29 is 4.79 Å². The maximum Gasteiger partial charge on any atom is 0.220 e. The second kappa shape index (κ2) is 8.27. The Labute approximate surface area is 117 Å². The number of amides is 1. The van der Waals surface area contributed by atoms with Crippen LogP contribution < -0.4 is 10.6 Å². The van der Waals surface area contributed by atoms with E-state index in [0.717, 1.165) is 17.4 Å². The highest BCUT2D eigenvalue weighted by Gasteiger charge is 2.05. The van der Waals surface area contributed by atoms with Crippen molar-refractivity contribution in [1.29, 1.82) is 0 Å². The summed E-state index contributed by atoms with van der Waals surface area (Å²) >= 11 is 3.43. The molecule has 0 saturated heterocycles. The van der Waals surface area contributed by atoms with Gasteiger partial charge in [-0.25, -0.2) is 0 Å². The average Bonchev–Trinajstić information content (AvgIpc) is 2.34. The molecular formula is C14H21BrN2O. The third kappa shape index (κ3) is 6.17. The first-order valence-corrected chi connectivity index (χ1v) is 7.15. The quantitative estimate of drug-likeness (QED) is 0.812. The van der Waals surface area contributed by atoms with Gasteiger partial charge in [-0.3, -0.25) is 4.79 Å². The Hall–Kier alpha value is -0.870. The summed E-state index contributed by atoms with van der Waals surface area (Å²) in [4.78, 5) is 11.7. The molecule has 4 heteroatoms. The molecule has 1 amide bonds. The van der Waals surface area contributed by atoms with Crippen molar-refractivity contribution in [3.8, 4) is 0 Å². The van der Waals surface area contributed by atoms with Crippen LogP contribution in [-0.2, 0) is 11.2 Å². The Bertz CT molecular complexity index is 382. The highest BCUT2D eigenvalue weighted by molar-refractivity contribution is 9.10. The molecule has 1 rings (SSSR count). The minimum Gasteiger partial charge on any atom is -0.355 e. The molecular weight excluding hydrogens is 292 g/mol. The molecule has 2 N–H and O–H groups in total. The van der Waals surface area contributed by atoms with Crippen LogP contribution in [0.25, 0.3) is 0 Å². The first kappa shape index (κ1) is 15.2.